The van der Waals surface area contributed by atoms with Gasteiger partial charge in [-0.3, -0.25) is 24.0 Å². The van der Waals surface area contributed by atoms with Crippen LogP contribution in [0.2, 0.25) is 0 Å². The van der Waals surface area contributed by atoms with Crippen LogP contribution >= 0.6 is 0 Å². The summed E-state index contributed by atoms with van der Waals surface area (Å²) in [6.45, 7) is 7.79. The summed E-state index contributed by atoms with van der Waals surface area (Å²) in [7, 11) is 0. The van der Waals surface area contributed by atoms with Gasteiger partial charge in [-0.25, -0.2) is 4.79 Å². The summed E-state index contributed by atoms with van der Waals surface area (Å²) in [5.74, 6) is -4.53. The number of rotatable bonds is 12. The van der Waals surface area contributed by atoms with E-state index in [2.05, 4.69) is 21.3 Å². The lowest BCUT2D eigenvalue weighted by atomic mass is 10.0. The summed E-state index contributed by atoms with van der Waals surface area (Å²) in [6, 6.07) is -3.62. The van der Waals surface area contributed by atoms with Crippen molar-refractivity contribution < 1.29 is 33.9 Å². The minimum Gasteiger partial charge on any atom is -0.480 e. The van der Waals surface area contributed by atoms with Gasteiger partial charge in [0.2, 0.25) is 29.5 Å². The number of hydrogen-bond acceptors (Lipinski definition) is 7. The van der Waals surface area contributed by atoms with Gasteiger partial charge in [-0.1, -0.05) is 27.7 Å². The second-order valence-electron chi connectivity index (χ2n) is 9.33. The third-order valence-corrected chi connectivity index (χ3v) is 5.60. The summed E-state index contributed by atoms with van der Waals surface area (Å²) in [5, 5.41) is 19.0. The number of carbonyl (C=O) groups excluding carboxylic acids is 5. The first kappa shape index (κ1) is 29.8. The molecule has 0 aromatic heterocycles. The number of carbonyl (C=O) groups is 6. The molecule has 0 aliphatic carbocycles. The molecule has 1 saturated heterocycles. The number of aliphatic carboxylic acids is 1. The molecular weight excluding hydrogens is 460 g/mol. The Balaban J connectivity index is 2.74. The standard InChI is InChI=1S/C22H38N6O7/c1-11(2)17(26-15(29)9-24-19(31)13(5)23)21(33)28-8-6-7-14(28)20(32)25-10-16(30)27-18(12(3)4)22(34)35/h11-14,17-18H,6-10,23H2,1-5H3,(H,24,31)(H,25,32)(H,26,29)(H,27,30)(H,34,35). The molecule has 4 unspecified atom stereocenters. The van der Waals surface area contributed by atoms with Crippen molar-refractivity contribution in [2.75, 3.05) is 19.6 Å². The Hall–Kier alpha value is -3.22. The van der Waals surface area contributed by atoms with E-state index in [0.29, 0.717) is 19.4 Å². The molecule has 1 aliphatic rings. The van der Waals surface area contributed by atoms with Crippen LogP contribution in [0.5, 0.6) is 0 Å². The molecule has 0 bridgehead atoms. The van der Waals surface area contributed by atoms with E-state index < -0.39 is 66.2 Å². The molecule has 0 saturated carbocycles. The Labute approximate surface area is 204 Å². The van der Waals surface area contributed by atoms with Crippen LogP contribution in [0.1, 0.15) is 47.5 Å². The Bertz CT molecular complexity index is 814. The van der Waals surface area contributed by atoms with Crippen LogP contribution in [-0.2, 0) is 28.8 Å². The van der Waals surface area contributed by atoms with Gasteiger partial charge in [-0.2, -0.15) is 0 Å². The number of nitrogens with zero attached hydrogens (tertiary/aromatic N) is 1. The van der Waals surface area contributed by atoms with Crippen molar-refractivity contribution in [3.8, 4) is 0 Å². The Morgan fingerprint density at radius 1 is 0.886 bits per heavy atom. The molecule has 0 aromatic rings. The van der Waals surface area contributed by atoms with Crippen molar-refractivity contribution in [2.24, 2.45) is 17.6 Å². The molecule has 0 aromatic carbocycles. The first-order chi connectivity index (χ1) is 16.3. The van der Waals surface area contributed by atoms with Gasteiger partial charge in [-0.15, -0.1) is 0 Å². The van der Waals surface area contributed by atoms with Gasteiger partial charge >= 0.3 is 5.97 Å². The number of carboxylic acids is 1. The van der Waals surface area contributed by atoms with Crippen LogP contribution in [0.3, 0.4) is 0 Å². The molecule has 198 valence electrons. The molecule has 7 N–H and O–H groups in total. The molecule has 4 atom stereocenters. The second-order valence-corrected chi connectivity index (χ2v) is 9.33. The Morgan fingerprint density at radius 2 is 1.40 bits per heavy atom. The van der Waals surface area contributed by atoms with E-state index in [4.69, 9.17) is 5.73 Å². The molecule has 5 amide bonds. The number of likely N-dealkylation sites (tertiary alicyclic amines) is 1. The number of nitrogens with one attached hydrogen (secondary N) is 4. The van der Waals surface area contributed by atoms with Crippen molar-refractivity contribution in [2.45, 2.75) is 71.6 Å². The van der Waals surface area contributed by atoms with Gasteiger partial charge in [0.15, 0.2) is 0 Å². The molecule has 0 spiro atoms. The number of carboxylic acid groups (broad SMARTS) is 1. The van der Waals surface area contributed by atoms with E-state index >= 15 is 0 Å². The largest absolute Gasteiger partial charge is 0.480 e. The van der Waals surface area contributed by atoms with Crippen LogP contribution < -0.4 is 27.0 Å². The van der Waals surface area contributed by atoms with Crippen molar-refractivity contribution in [1.82, 2.24) is 26.2 Å². The zero-order valence-corrected chi connectivity index (χ0v) is 20.9. The van der Waals surface area contributed by atoms with E-state index in [1.165, 1.54) is 11.8 Å². The summed E-state index contributed by atoms with van der Waals surface area (Å²) in [5.41, 5.74) is 5.45. The lowest BCUT2D eigenvalue weighted by Crippen LogP contribution is -2.57. The highest BCUT2D eigenvalue weighted by molar-refractivity contribution is 5.95. The summed E-state index contributed by atoms with van der Waals surface area (Å²) in [6.07, 6.45) is 0.944. The van der Waals surface area contributed by atoms with Gasteiger partial charge < -0.3 is 37.0 Å². The van der Waals surface area contributed by atoms with E-state index in [9.17, 15) is 33.9 Å². The second kappa shape index (κ2) is 13.6. The van der Waals surface area contributed by atoms with Gasteiger partial charge in [0, 0.05) is 6.54 Å². The van der Waals surface area contributed by atoms with Gasteiger partial charge in [0.05, 0.1) is 19.1 Å². The lowest BCUT2D eigenvalue weighted by Gasteiger charge is -2.30. The fourth-order valence-electron chi connectivity index (χ4n) is 3.57. The van der Waals surface area contributed by atoms with E-state index in [0.717, 1.165) is 0 Å². The molecule has 1 heterocycles. The topological polar surface area (TPSA) is 200 Å². The number of nitrogens with two attached hydrogens (primary N) is 1. The molecular formula is C22H38N6O7. The normalized spacial score (nSPS) is 17.9. The maximum absolute atomic E-state index is 13.2. The van der Waals surface area contributed by atoms with Gasteiger partial charge in [0.25, 0.3) is 0 Å². The Morgan fingerprint density at radius 3 is 1.89 bits per heavy atom. The van der Waals surface area contributed by atoms with Crippen LogP contribution in [0.4, 0.5) is 0 Å². The smallest absolute Gasteiger partial charge is 0.326 e. The molecule has 13 heteroatoms. The lowest BCUT2D eigenvalue weighted by molar-refractivity contribution is -0.143. The van der Waals surface area contributed by atoms with E-state index in [1.807, 2.05) is 0 Å². The van der Waals surface area contributed by atoms with Gasteiger partial charge in [-0.05, 0) is 31.6 Å². The van der Waals surface area contributed by atoms with Crippen molar-refractivity contribution in [1.29, 1.82) is 0 Å². The first-order valence-electron chi connectivity index (χ1n) is 11.7. The Kier molecular flexibility index (Phi) is 11.6. The van der Waals surface area contributed by atoms with E-state index in [1.54, 1.807) is 27.7 Å². The minimum atomic E-state index is -1.17. The molecule has 13 nitrogen and oxygen atoms in total. The molecule has 1 fully saturated rings. The first-order valence-corrected chi connectivity index (χ1v) is 11.7. The molecule has 35 heavy (non-hydrogen) atoms. The fourth-order valence-corrected chi connectivity index (χ4v) is 3.57. The highest BCUT2D eigenvalue weighted by atomic mass is 16.4. The quantitative estimate of drug-likeness (QED) is 0.176. The van der Waals surface area contributed by atoms with E-state index in [-0.39, 0.29) is 18.4 Å². The molecule has 1 rings (SSSR count). The van der Waals surface area contributed by atoms with Crippen molar-refractivity contribution >= 4 is 35.5 Å². The van der Waals surface area contributed by atoms with Crippen molar-refractivity contribution in [3.05, 3.63) is 0 Å². The zero-order chi connectivity index (χ0) is 26.9. The minimum absolute atomic E-state index is 0.297. The third-order valence-electron chi connectivity index (χ3n) is 5.60. The number of amides is 5. The van der Waals surface area contributed by atoms with Crippen LogP contribution in [0.15, 0.2) is 0 Å². The van der Waals surface area contributed by atoms with Gasteiger partial charge in [0.1, 0.15) is 18.1 Å². The van der Waals surface area contributed by atoms with Crippen LogP contribution in [0.25, 0.3) is 0 Å². The average molecular weight is 499 g/mol. The molecule has 1 aliphatic heterocycles. The highest BCUT2D eigenvalue weighted by Gasteiger charge is 2.38. The monoisotopic (exact) mass is 498 g/mol. The van der Waals surface area contributed by atoms with Crippen LogP contribution in [0, 0.1) is 11.8 Å². The SMILES string of the molecule is CC(N)C(=O)NCC(=O)NC(C(=O)N1CCCC1C(=O)NCC(=O)NC(C(=O)O)C(C)C)C(C)C. The summed E-state index contributed by atoms with van der Waals surface area (Å²) >= 11 is 0. The average Bonchev–Trinajstić information content (AvgIpc) is 3.26. The summed E-state index contributed by atoms with van der Waals surface area (Å²) < 4.78 is 0. The maximum atomic E-state index is 13.2. The van der Waals surface area contributed by atoms with Crippen molar-refractivity contribution in [3.63, 3.8) is 0 Å². The van der Waals surface area contributed by atoms with Crippen LogP contribution in [-0.4, -0.2) is 89.3 Å². The highest BCUT2D eigenvalue weighted by Crippen LogP contribution is 2.20. The predicted molar refractivity (Wildman–Crippen MR) is 126 cm³/mol. The molecule has 0 radical (unpaired) electrons. The third kappa shape index (κ3) is 9.15. The fraction of sp³-hybridized carbons (Fsp3) is 0.727. The summed E-state index contributed by atoms with van der Waals surface area (Å²) in [4.78, 5) is 74.5. The number of hydrogen-bond donors (Lipinski definition) is 6. The maximum Gasteiger partial charge on any atom is 0.326 e. The zero-order valence-electron chi connectivity index (χ0n) is 20.9. The predicted octanol–water partition coefficient (Wildman–Crippen LogP) is -2.08.